The topological polar surface area (TPSA) is 44.9 Å². The SMILES string of the molecule is C=CC(=O)NCc1c[nH]c2cc(F)c(F)cc12. The number of aromatic amines is 1. The summed E-state index contributed by atoms with van der Waals surface area (Å²) in [7, 11) is 0. The van der Waals surface area contributed by atoms with E-state index >= 15 is 0 Å². The maximum absolute atomic E-state index is 13.1. The Morgan fingerprint density at radius 3 is 2.82 bits per heavy atom. The minimum absolute atomic E-state index is 0.232. The van der Waals surface area contributed by atoms with Gasteiger partial charge in [0, 0.05) is 29.7 Å². The Morgan fingerprint density at radius 1 is 1.41 bits per heavy atom. The largest absolute Gasteiger partial charge is 0.361 e. The van der Waals surface area contributed by atoms with Crippen LogP contribution in [0.5, 0.6) is 0 Å². The van der Waals surface area contributed by atoms with Crippen molar-refractivity contribution in [2.75, 3.05) is 0 Å². The van der Waals surface area contributed by atoms with Crippen molar-refractivity contribution in [1.82, 2.24) is 10.3 Å². The lowest BCUT2D eigenvalue weighted by Gasteiger charge is -2.01. The van der Waals surface area contributed by atoms with Crippen molar-refractivity contribution < 1.29 is 13.6 Å². The number of carbonyl (C=O) groups excluding carboxylic acids is 1. The second kappa shape index (κ2) is 4.37. The lowest BCUT2D eigenvalue weighted by molar-refractivity contribution is -0.116. The van der Waals surface area contributed by atoms with Gasteiger partial charge in [-0.25, -0.2) is 8.78 Å². The van der Waals surface area contributed by atoms with Crippen molar-refractivity contribution in [3.8, 4) is 0 Å². The molecule has 5 heteroatoms. The Bertz CT molecular complexity index is 589. The van der Waals surface area contributed by atoms with Crippen LogP contribution in [0, 0.1) is 11.6 Å². The van der Waals surface area contributed by atoms with E-state index in [-0.39, 0.29) is 12.5 Å². The summed E-state index contributed by atoms with van der Waals surface area (Å²) >= 11 is 0. The summed E-state index contributed by atoms with van der Waals surface area (Å²) in [6.07, 6.45) is 2.75. The molecule has 0 fully saturated rings. The molecule has 0 radical (unpaired) electrons. The number of benzene rings is 1. The van der Waals surface area contributed by atoms with Gasteiger partial charge in [-0.05, 0) is 17.7 Å². The van der Waals surface area contributed by atoms with Gasteiger partial charge in [0.15, 0.2) is 11.6 Å². The Morgan fingerprint density at radius 2 is 2.12 bits per heavy atom. The van der Waals surface area contributed by atoms with Gasteiger partial charge in [0.2, 0.25) is 5.91 Å². The number of amides is 1. The molecule has 0 aliphatic heterocycles. The van der Waals surface area contributed by atoms with Crippen molar-refractivity contribution >= 4 is 16.8 Å². The first-order valence-corrected chi connectivity index (χ1v) is 4.97. The quantitative estimate of drug-likeness (QED) is 0.789. The predicted octanol–water partition coefficient (Wildman–Crippen LogP) is 2.25. The summed E-state index contributed by atoms with van der Waals surface area (Å²) in [6, 6.07) is 2.19. The molecule has 0 spiro atoms. The van der Waals surface area contributed by atoms with Crippen LogP contribution in [-0.2, 0) is 11.3 Å². The van der Waals surface area contributed by atoms with Crippen LogP contribution in [0.15, 0.2) is 31.0 Å². The molecular formula is C12H10F2N2O. The number of fused-ring (bicyclic) bond motifs is 1. The zero-order valence-electron chi connectivity index (χ0n) is 8.89. The molecule has 88 valence electrons. The highest BCUT2D eigenvalue weighted by Crippen LogP contribution is 2.21. The van der Waals surface area contributed by atoms with Crippen molar-refractivity contribution in [2.45, 2.75) is 6.54 Å². The molecule has 1 aromatic heterocycles. The second-order valence-electron chi connectivity index (χ2n) is 3.55. The zero-order valence-corrected chi connectivity index (χ0v) is 8.89. The minimum atomic E-state index is -0.909. The van der Waals surface area contributed by atoms with Crippen molar-refractivity contribution in [1.29, 1.82) is 0 Å². The van der Waals surface area contributed by atoms with Crippen LogP contribution in [0.1, 0.15) is 5.56 Å². The molecule has 3 nitrogen and oxygen atoms in total. The van der Waals surface area contributed by atoms with Gasteiger partial charge in [-0.15, -0.1) is 0 Å². The van der Waals surface area contributed by atoms with Gasteiger partial charge in [0.05, 0.1) is 0 Å². The third kappa shape index (κ3) is 2.18. The summed E-state index contributed by atoms with van der Waals surface area (Å²) in [5.41, 5.74) is 1.18. The number of hydrogen-bond donors (Lipinski definition) is 2. The van der Waals surface area contributed by atoms with E-state index in [1.54, 1.807) is 6.20 Å². The van der Waals surface area contributed by atoms with E-state index in [1.807, 2.05) is 0 Å². The number of H-pyrrole nitrogens is 1. The van der Waals surface area contributed by atoms with Crippen LogP contribution < -0.4 is 5.32 Å². The Hall–Kier alpha value is -2.17. The van der Waals surface area contributed by atoms with Crippen LogP contribution in [-0.4, -0.2) is 10.9 Å². The van der Waals surface area contributed by atoms with E-state index in [9.17, 15) is 13.6 Å². The standard InChI is InChI=1S/C12H10F2N2O/c1-2-12(17)16-6-7-5-15-11-4-10(14)9(13)3-8(7)11/h2-5,15H,1,6H2,(H,16,17). The van der Waals surface area contributed by atoms with E-state index in [1.165, 1.54) is 0 Å². The molecule has 0 atom stereocenters. The third-order valence-electron chi connectivity index (χ3n) is 2.45. The summed E-state index contributed by atoms with van der Waals surface area (Å²) in [5.74, 6) is -2.13. The molecule has 0 aliphatic rings. The number of hydrogen-bond acceptors (Lipinski definition) is 1. The first-order valence-electron chi connectivity index (χ1n) is 4.97. The van der Waals surface area contributed by atoms with Gasteiger partial charge in [-0.2, -0.15) is 0 Å². The molecule has 2 N–H and O–H groups in total. The average Bonchev–Trinajstić information content (AvgIpc) is 2.69. The summed E-state index contributed by atoms with van der Waals surface area (Å²) in [4.78, 5) is 13.8. The molecule has 17 heavy (non-hydrogen) atoms. The van der Waals surface area contributed by atoms with Gasteiger partial charge in [0.25, 0.3) is 0 Å². The van der Waals surface area contributed by atoms with Gasteiger partial charge >= 0.3 is 0 Å². The molecule has 1 heterocycles. The summed E-state index contributed by atoms with van der Waals surface area (Å²) in [6.45, 7) is 3.55. The number of nitrogens with one attached hydrogen (secondary N) is 2. The van der Waals surface area contributed by atoms with Crippen LogP contribution in [0.3, 0.4) is 0 Å². The van der Waals surface area contributed by atoms with Crippen LogP contribution in [0.4, 0.5) is 8.78 Å². The van der Waals surface area contributed by atoms with Crippen molar-refractivity contribution in [3.05, 3.63) is 48.2 Å². The highest BCUT2D eigenvalue weighted by Gasteiger charge is 2.09. The van der Waals surface area contributed by atoms with Gasteiger partial charge < -0.3 is 10.3 Å². The Balaban J connectivity index is 2.32. The van der Waals surface area contributed by atoms with Crippen LogP contribution >= 0.6 is 0 Å². The van der Waals surface area contributed by atoms with E-state index in [0.29, 0.717) is 16.5 Å². The molecule has 0 aliphatic carbocycles. The maximum Gasteiger partial charge on any atom is 0.243 e. The first-order chi connectivity index (χ1) is 8.11. The normalized spacial score (nSPS) is 10.5. The van der Waals surface area contributed by atoms with E-state index < -0.39 is 11.6 Å². The van der Waals surface area contributed by atoms with Crippen LogP contribution in [0.2, 0.25) is 0 Å². The fourth-order valence-corrected chi connectivity index (χ4v) is 1.58. The summed E-state index contributed by atoms with van der Waals surface area (Å²) < 4.78 is 26.0. The molecule has 1 amide bonds. The first kappa shape index (κ1) is 11.3. The van der Waals surface area contributed by atoms with Crippen molar-refractivity contribution in [2.24, 2.45) is 0 Å². The monoisotopic (exact) mass is 236 g/mol. The smallest absolute Gasteiger partial charge is 0.243 e. The van der Waals surface area contributed by atoms with Gasteiger partial charge in [0.1, 0.15) is 0 Å². The number of carbonyl (C=O) groups is 1. The van der Waals surface area contributed by atoms with Crippen LogP contribution in [0.25, 0.3) is 10.9 Å². The van der Waals surface area contributed by atoms with E-state index in [0.717, 1.165) is 18.2 Å². The lowest BCUT2D eigenvalue weighted by atomic mass is 10.1. The fraction of sp³-hybridized carbons (Fsp3) is 0.0833. The molecule has 0 unspecified atom stereocenters. The maximum atomic E-state index is 13.1. The molecule has 0 saturated heterocycles. The molecular weight excluding hydrogens is 226 g/mol. The second-order valence-corrected chi connectivity index (χ2v) is 3.55. The van der Waals surface area contributed by atoms with E-state index in [2.05, 4.69) is 16.9 Å². The molecule has 2 aromatic rings. The van der Waals surface area contributed by atoms with Crippen molar-refractivity contribution in [3.63, 3.8) is 0 Å². The highest BCUT2D eigenvalue weighted by molar-refractivity contribution is 5.88. The predicted molar refractivity (Wildman–Crippen MR) is 60.3 cm³/mol. The molecule has 2 rings (SSSR count). The summed E-state index contributed by atoms with van der Waals surface area (Å²) in [5, 5.41) is 3.12. The lowest BCUT2D eigenvalue weighted by Crippen LogP contribution is -2.19. The fourth-order valence-electron chi connectivity index (χ4n) is 1.58. The van der Waals surface area contributed by atoms with Gasteiger partial charge in [-0.1, -0.05) is 6.58 Å². The van der Waals surface area contributed by atoms with E-state index in [4.69, 9.17) is 0 Å². The number of halogens is 2. The number of rotatable bonds is 3. The van der Waals surface area contributed by atoms with Gasteiger partial charge in [-0.3, -0.25) is 4.79 Å². The average molecular weight is 236 g/mol. The third-order valence-corrected chi connectivity index (χ3v) is 2.45. The Labute approximate surface area is 96.1 Å². The Kier molecular flexibility index (Phi) is 2.91. The molecule has 0 saturated carbocycles. The molecule has 1 aromatic carbocycles. The number of aromatic nitrogens is 1. The highest BCUT2D eigenvalue weighted by atomic mass is 19.2. The molecule has 0 bridgehead atoms. The minimum Gasteiger partial charge on any atom is -0.361 e. The zero-order chi connectivity index (χ0) is 12.4.